The zero-order chi connectivity index (χ0) is 19.5. The van der Waals surface area contributed by atoms with E-state index in [1.165, 1.54) is 16.8 Å². The molecule has 4 rings (SSSR count). The number of fused-ring (bicyclic) bond motifs is 1. The second-order valence-corrected chi connectivity index (χ2v) is 7.46. The Morgan fingerprint density at radius 2 is 2.04 bits per heavy atom. The number of imidazole rings is 1. The number of anilines is 1. The molecular formula is C23H26N4O. The van der Waals surface area contributed by atoms with Gasteiger partial charge < -0.3 is 14.8 Å². The number of benzene rings is 2. The molecule has 2 aromatic carbocycles. The van der Waals surface area contributed by atoms with Crippen LogP contribution in [0.5, 0.6) is 0 Å². The number of nitrogens with one attached hydrogen (secondary N) is 1. The summed E-state index contributed by atoms with van der Waals surface area (Å²) < 4.78 is 1.96. The van der Waals surface area contributed by atoms with Crippen LogP contribution in [0.1, 0.15) is 35.0 Å². The predicted molar refractivity (Wildman–Crippen MR) is 111 cm³/mol. The van der Waals surface area contributed by atoms with Gasteiger partial charge in [0.05, 0.1) is 6.54 Å². The first-order chi connectivity index (χ1) is 13.6. The van der Waals surface area contributed by atoms with Gasteiger partial charge in [-0.05, 0) is 37.0 Å². The van der Waals surface area contributed by atoms with Crippen LogP contribution in [0.25, 0.3) is 0 Å². The van der Waals surface area contributed by atoms with Crippen molar-refractivity contribution in [3.8, 4) is 0 Å². The first-order valence-electron chi connectivity index (χ1n) is 9.78. The van der Waals surface area contributed by atoms with Crippen LogP contribution in [0, 0.1) is 6.92 Å². The van der Waals surface area contributed by atoms with Gasteiger partial charge in [0.25, 0.3) is 0 Å². The molecule has 1 aromatic heterocycles. The summed E-state index contributed by atoms with van der Waals surface area (Å²) in [5.74, 6) is 0.833. The maximum atomic E-state index is 13.0. The average Bonchev–Trinajstić information content (AvgIpc) is 3.12. The van der Waals surface area contributed by atoms with Crippen molar-refractivity contribution < 1.29 is 4.79 Å². The Bertz CT molecular complexity index is 964. The second kappa shape index (κ2) is 7.89. The van der Waals surface area contributed by atoms with Crippen molar-refractivity contribution in [2.45, 2.75) is 25.8 Å². The molecule has 0 radical (unpaired) electrons. The maximum Gasteiger partial charge on any atom is 0.240 e. The van der Waals surface area contributed by atoms with Crippen LogP contribution in [-0.2, 0) is 18.3 Å². The van der Waals surface area contributed by atoms with E-state index in [1.54, 1.807) is 6.20 Å². The van der Waals surface area contributed by atoms with Crippen LogP contribution in [0.4, 0.5) is 5.69 Å². The lowest BCUT2D eigenvalue weighted by Gasteiger charge is -2.31. The van der Waals surface area contributed by atoms with E-state index in [-0.39, 0.29) is 11.9 Å². The molecule has 0 bridgehead atoms. The SMILES string of the molecule is Cc1ccc2c(c1)CCCN2CC(=O)NC(c1ccccc1)c1nccn1C. The molecule has 144 valence electrons. The number of aryl methyl sites for hydroxylation is 3. The molecule has 0 spiro atoms. The smallest absolute Gasteiger partial charge is 0.240 e. The fraction of sp³-hybridized carbons (Fsp3) is 0.304. The van der Waals surface area contributed by atoms with Crippen molar-refractivity contribution >= 4 is 11.6 Å². The highest BCUT2D eigenvalue weighted by Crippen LogP contribution is 2.28. The molecule has 0 saturated heterocycles. The van der Waals surface area contributed by atoms with Gasteiger partial charge in [-0.1, -0.05) is 48.0 Å². The number of aromatic nitrogens is 2. The lowest BCUT2D eigenvalue weighted by atomic mass is 9.99. The first kappa shape index (κ1) is 18.3. The fourth-order valence-electron chi connectivity index (χ4n) is 3.95. The number of rotatable bonds is 5. The van der Waals surface area contributed by atoms with Gasteiger partial charge in [-0.2, -0.15) is 0 Å². The molecule has 2 heterocycles. The number of amides is 1. The van der Waals surface area contributed by atoms with Crippen molar-refractivity contribution in [3.05, 3.63) is 83.4 Å². The van der Waals surface area contributed by atoms with E-state index in [9.17, 15) is 4.79 Å². The molecule has 1 unspecified atom stereocenters. The Morgan fingerprint density at radius 3 is 2.79 bits per heavy atom. The summed E-state index contributed by atoms with van der Waals surface area (Å²) in [6.45, 7) is 3.37. The average molecular weight is 374 g/mol. The van der Waals surface area contributed by atoms with Crippen molar-refractivity contribution in [1.29, 1.82) is 0 Å². The summed E-state index contributed by atoms with van der Waals surface area (Å²) in [7, 11) is 1.95. The third-order valence-electron chi connectivity index (χ3n) is 5.34. The third-order valence-corrected chi connectivity index (χ3v) is 5.34. The molecule has 5 heteroatoms. The van der Waals surface area contributed by atoms with E-state index in [0.717, 1.165) is 30.8 Å². The predicted octanol–water partition coefficient (Wildman–Crippen LogP) is 3.39. The van der Waals surface area contributed by atoms with Crippen molar-refractivity contribution in [2.75, 3.05) is 18.0 Å². The number of hydrogen-bond acceptors (Lipinski definition) is 3. The zero-order valence-electron chi connectivity index (χ0n) is 16.4. The van der Waals surface area contributed by atoms with Gasteiger partial charge in [-0.3, -0.25) is 4.79 Å². The Balaban J connectivity index is 1.54. The molecule has 0 fully saturated rings. The molecule has 5 nitrogen and oxygen atoms in total. The fourth-order valence-corrected chi connectivity index (χ4v) is 3.95. The van der Waals surface area contributed by atoms with Gasteiger partial charge in [-0.15, -0.1) is 0 Å². The lowest BCUT2D eigenvalue weighted by molar-refractivity contribution is -0.120. The van der Waals surface area contributed by atoms with Crippen LogP contribution in [0.2, 0.25) is 0 Å². The summed E-state index contributed by atoms with van der Waals surface area (Å²) >= 11 is 0. The molecule has 0 aliphatic carbocycles. The molecular weight excluding hydrogens is 348 g/mol. The maximum absolute atomic E-state index is 13.0. The minimum atomic E-state index is -0.268. The van der Waals surface area contributed by atoms with Gasteiger partial charge >= 0.3 is 0 Å². The summed E-state index contributed by atoms with van der Waals surface area (Å²) in [6.07, 6.45) is 5.82. The van der Waals surface area contributed by atoms with E-state index >= 15 is 0 Å². The van der Waals surface area contributed by atoms with Crippen LogP contribution < -0.4 is 10.2 Å². The number of carbonyl (C=O) groups excluding carboxylic acids is 1. The van der Waals surface area contributed by atoms with Crippen LogP contribution in [0.15, 0.2) is 60.9 Å². The molecule has 1 N–H and O–H groups in total. The summed E-state index contributed by atoms with van der Waals surface area (Å²) in [5, 5.41) is 3.20. The van der Waals surface area contributed by atoms with E-state index in [1.807, 2.05) is 48.1 Å². The first-order valence-corrected chi connectivity index (χ1v) is 9.78. The lowest BCUT2D eigenvalue weighted by Crippen LogP contribution is -2.41. The summed E-state index contributed by atoms with van der Waals surface area (Å²) in [5.41, 5.74) is 4.81. The molecule has 1 aliphatic rings. The minimum Gasteiger partial charge on any atom is -0.362 e. The molecule has 0 saturated carbocycles. The van der Waals surface area contributed by atoms with Crippen LogP contribution >= 0.6 is 0 Å². The zero-order valence-corrected chi connectivity index (χ0v) is 16.4. The Hall–Kier alpha value is -3.08. The van der Waals surface area contributed by atoms with Crippen molar-refractivity contribution in [3.63, 3.8) is 0 Å². The summed E-state index contributed by atoms with van der Waals surface area (Å²) in [4.78, 5) is 19.6. The highest BCUT2D eigenvalue weighted by molar-refractivity contribution is 5.82. The standard InChI is InChI=1S/C23H26N4O/c1-17-10-11-20-19(15-17)9-6-13-27(20)16-21(28)25-22(18-7-4-3-5-8-18)23-24-12-14-26(23)2/h3-5,7-8,10-12,14-15,22H,6,9,13,16H2,1-2H3,(H,25,28). The van der Waals surface area contributed by atoms with Gasteiger partial charge in [0.1, 0.15) is 11.9 Å². The van der Waals surface area contributed by atoms with Crippen LogP contribution in [-0.4, -0.2) is 28.5 Å². The minimum absolute atomic E-state index is 0.00489. The number of nitrogens with zero attached hydrogens (tertiary/aromatic N) is 3. The quantitative estimate of drug-likeness (QED) is 0.745. The van der Waals surface area contributed by atoms with Gasteiger partial charge in [0, 0.05) is 31.7 Å². The Kier molecular flexibility index (Phi) is 5.15. The molecule has 1 atom stereocenters. The molecule has 1 amide bonds. The van der Waals surface area contributed by atoms with E-state index in [2.05, 4.69) is 40.3 Å². The van der Waals surface area contributed by atoms with Gasteiger partial charge in [0.2, 0.25) is 5.91 Å². The van der Waals surface area contributed by atoms with E-state index < -0.39 is 0 Å². The molecule has 28 heavy (non-hydrogen) atoms. The monoisotopic (exact) mass is 374 g/mol. The van der Waals surface area contributed by atoms with E-state index in [0.29, 0.717) is 6.54 Å². The number of hydrogen-bond donors (Lipinski definition) is 1. The number of carbonyl (C=O) groups is 1. The van der Waals surface area contributed by atoms with Gasteiger partial charge in [-0.25, -0.2) is 4.98 Å². The Labute approximate surface area is 166 Å². The largest absolute Gasteiger partial charge is 0.362 e. The van der Waals surface area contributed by atoms with Crippen molar-refractivity contribution in [1.82, 2.24) is 14.9 Å². The van der Waals surface area contributed by atoms with Crippen molar-refractivity contribution in [2.24, 2.45) is 7.05 Å². The second-order valence-electron chi connectivity index (χ2n) is 7.46. The van der Waals surface area contributed by atoms with Crippen LogP contribution in [0.3, 0.4) is 0 Å². The normalized spacial score (nSPS) is 14.4. The molecule has 3 aromatic rings. The highest BCUT2D eigenvalue weighted by atomic mass is 16.2. The molecule has 1 aliphatic heterocycles. The topological polar surface area (TPSA) is 50.2 Å². The van der Waals surface area contributed by atoms with Gasteiger partial charge in [0.15, 0.2) is 0 Å². The highest BCUT2D eigenvalue weighted by Gasteiger charge is 2.23. The third kappa shape index (κ3) is 3.79. The summed E-state index contributed by atoms with van der Waals surface area (Å²) in [6, 6.07) is 16.2. The van der Waals surface area contributed by atoms with E-state index in [4.69, 9.17) is 0 Å². The Morgan fingerprint density at radius 1 is 1.21 bits per heavy atom.